The Bertz CT molecular complexity index is 750. The molecule has 0 N–H and O–H groups in total. The molecule has 144 valence electrons. The number of rotatable bonds is 3. The summed E-state index contributed by atoms with van der Waals surface area (Å²) in [7, 11) is 0. The minimum Gasteiger partial charge on any atom is -0.444 e. The zero-order valence-corrected chi connectivity index (χ0v) is 16.8. The summed E-state index contributed by atoms with van der Waals surface area (Å²) < 4.78 is 5.50. The Morgan fingerprint density at radius 2 is 1.63 bits per heavy atom. The van der Waals surface area contributed by atoms with Crippen molar-refractivity contribution in [1.82, 2.24) is 9.80 Å². The van der Waals surface area contributed by atoms with E-state index in [1.165, 1.54) is 16.7 Å². The molecular weight excluding hydrogens is 336 g/mol. The van der Waals surface area contributed by atoms with Gasteiger partial charge in [0.05, 0.1) is 0 Å². The number of benzene rings is 2. The average molecular weight is 367 g/mol. The van der Waals surface area contributed by atoms with E-state index in [1.807, 2.05) is 31.7 Å². The number of hydrogen-bond donors (Lipinski definition) is 0. The smallest absolute Gasteiger partial charge is 0.410 e. The minimum absolute atomic E-state index is 0.207. The van der Waals surface area contributed by atoms with Crippen molar-refractivity contribution in [3.05, 3.63) is 60.2 Å². The lowest BCUT2D eigenvalue weighted by atomic mass is 10.0. The summed E-state index contributed by atoms with van der Waals surface area (Å²) in [6.07, 6.45) is -0.207. The van der Waals surface area contributed by atoms with E-state index >= 15 is 0 Å². The summed E-state index contributed by atoms with van der Waals surface area (Å²) in [6, 6.07) is 19.5. The number of amides is 1. The number of nitrogens with zero attached hydrogens (tertiary/aromatic N) is 2. The second-order valence-electron chi connectivity index (χ2n) is 8.31. The molecule has 1 unspecified atom stereocenters. The first-order chi connectivity index (χ1) is 12.8. The molecule has 2 aromatic carbocycles. The van der Waals surface area contributed by atoms with Crippen molar-refractivity contribution in [3.63, 3.8) is 0 Å². The largest absolute Gasteiger partial charge is 0.444 e. The van der Waals surface area contributed by atoms with Gasteiger partial charge in [0.2, 0.25) is 0 Å². The van der Waals surface area contributed by atoms with Crippen molar-refractivity contribution < 1.29 is 9.53 Å². The van der Waals surface area contributed by atoms with Crippen LogP contribution in [0, 0.1) is 0 Å². The first-order valence-corrected chi connectivity index (χ1v) is 9.68. The maximum atomic E-state index is 12.3. The Hall–Kier alpha value is -2.33. The molecule has 1 atom stereocenters. The fourth-order valence-corrected chi connectivity index (χ4v) is 3.39. The summed E-state index contributed by atoms with van der Waals surface area (Å²) in [5, 5.41) is 0. The molecular formula is C23H30N2O2. The SMILES string of the molecule is CC1CN(C(=O)OC(C)(C)C)CCN1Cc1ccc(-c2ccccc2)cc1. The molecule has 1 amide bonds. The van der Waals surface area contributed by atoms with E-state index in [1.54, 1.807) is 0 Å². The molecule has 1 heterocycles. The van der Waals surface area contributed by atoms with Gasteiger partial charge in [-0.15, -0.1) is 0 Å². The Labute approximate surface area is 162 Å². The van der Waals surface area contributed by atoms with Gasteiger partial charge in [0, 0.05) is 32.2 Å². The maximum Gasteiger partial charge on any atom is 0.410 e. The molecule has 4 heteroatoms. The van der Waals surface area contributed by atoms with Crippen molar-refractivity contribution in [2.45, 2.75) is 45.9 Å². The lowest BCUT2D eigenvalue weighted by Gasteiger charge is -2.40. The number of piperazine rings is 1. The van der Waals surface area contributed by atoms with E-state index in [9.17, 15) is 4.79 Å². The van der Waals surface area contributed by atoms with Gasteiger partial charge >= 0.3 is 6.09 Å². The highest BCUT2D eigenvalue weighted by atomic mass is 16.6. The highest BCUT2D eigenvalue weighted by Gasteiger charge is 2.29. The second kappa shape index (κ2) is 8.13. The third-order valence-electron chi connectivity index (χ3n) is 4.86. The Balaban J connectivity index is 1.57. The molecule has 4 nitrogen and oxygen atoms in total. The first-order valence-electron chi connectivity index (χ1n) is 9.68. The van der Waals surface area contributed by atoms with E-state index in [2.05, 4.69) is 60.4 Å². The van der Waals surface area contributed by atoms with Crippen LogP contribution in [0.25, 0.3) is 11.1 Å². The van der Waals surface area contributed by atoms with Crippen molar-refractivity contribution in [3.8, 4) is 11.1 Å². The molecule has 2 aromatic rings. The van der Waals surface area contributed by atoms with E-state index in [0.717, 1.165) is 13.1 Å². The molecule has 0 spiro atoms. The van der Waals surface area contributed by atoms with Gasteiger partial charge in [0.25, 0.3) is 0 Å². The molecule has 1 aliphatic rings. The molecule has 1 fully saturated rings. The minimum atomic E-state index is -0.446. The normalized spacial score (nSPS) is 18.4. The van der Waals surface area contributed by atoms with Crippen LogP contribution in [0.15, 0.2) is 54.6 Å². The van der Waals surface area contributed by atoms with E-state index in [4.69, 9.17) is 4.74 Å². The predicted molar refractivity (Wildman–Crippen MR) is 110 cm³/mol. The van der Waals surface area contributed by atoms with Crippen LogP contribution >= 0.6 is 0 Å². The van der Waals surface area contributed by atoms with Gasteiger partial charge in [0.1, 0.15) is 5.60 Å². The monoisotopic (exact) mass is 366 g/mol. The summed E-state index contributed by atoms with van der Waals surface area (Å²) in [5.74, 6) is 0. The molecule has 1 saturated heterocycles. The van der Waals surface area contributed by atoms with Crippen molar-refractivity contribution >= 4 is 6.09 Å². The molecule has 27 heavy (non-hydrogen) atoms. The van der Waals surface area contributed by atoms with Crippen LogP contribution in [0.4, 0.5) is 4.79 Å². The third kappa shape index (κ3) is 5.33. The zero-order valence-electron chi connectivity index (χ0n) is 16.8. The molecule has 0 aliphatic carbocycles. The average Bonchev–Trinajstić information content (AvgIpc) is 2.63. The predicted octanol–water partition coefficient (Wildman–Crippen LogP) is 4.79. The van der Waals surface area contributed by atoms with Crippen LogP contribution in [0.3, 0.4) is 0 Å². The Morgan fingerprint density at radius 1 is 1.00 bits per heavy atom. The van der Waals surface area contributed by atoms with E-state index < -0.39 is 5.60 Å². The van der Waals surface area contributed by atoms with Crippen molar-refractivity contribution in [2.24, 2.45) is 0 Å². The quantitative estimate of drug-likeness (QED) is 0.783. The standard InChI is InChI=1S/C23H30N2O2/c1-18-16-25(22(26)27-23(2,3)4)15-14-24(18)17-19-10-12-21(13-11-19)20-8-6-5-7-9-20/h5-13,18H,14-17H2,1-4H3. The maximum absolute atomic E-state index is 12.3. The second-order valence-corrected chi connectivity index (χ2v) is 8.31. The molecule has 0 aromatic heterocycles. The summed E-state index contributed by atoms with van der Waals surface area (Å²) in [4.78, 5) is 16.5. The number of carbonyl (C=O) groups is 1. The summed E-state index contributed by atoms with van der Waals surface area (Å²) in [6.45, 7) is 11.1. The lowest BCUT2D eigenvalue weighted by Crippen LogP contribution is -2.54. The Kier molecular flexibility index (Phi) is 5.85. The van der Waals surface area contributed by atoms with Crippen molar-refractivity contribution in [2.75, 3.05) is 19.6 Å². The van der Waals surface area contributed by atoms with Gasteiger partial charge in [-0.1, -0.05) is 54.6 Å². The highest BCUT2D eigenvalue weighted by molar-refractivity contribution is 5.68. The molecule has 0 radical (unpaired) electrons. The topological polar surface area (TPSA) is 32.8 Å². The fourth-order valence-electron chi connectivity index (χ4n) is 3.39. The number of hydrogen-bond acceptors (Lipinski definition) is 3. The summed E-state index contributed by atoms with van der Waals surface area (Å²) in [5.41, 5.74) is 3.33. The van der Waals surface area contributed by atoms with Gasteiger partial charge in [0.15, 0.2) is 0 Å². The van der Waals surface area contributed by atoms with Crippen LogP contribution in [0.2, 0.25) is 0 Å². The van der Waals surface area contributed by atoms with Gasteiger partial charge in [-0.05, 0) is 44.4 Å². The molecule has 1 aliphatic heterocycles. The van der Waals surface area contributed by atoms with Gasteiger partial charge in [-0.2, -0.15) is 0 Å². The zero-order chi connectivity index (χ0) is 19.4. The third-order valence-corrected chi connectivity index (χ3v) is 4.86. The van der Waals surface area contributed by atoms with Crippen LogP contribution in [-0.2, 0) is 11.3 Å². The Morgan fingerprint density at radius 3 is 2.22 bits per heavy atom. The fraction of sp³-hybridized carbons (Fsp3) is 0.435. The van der Waals surface area contributed by atoms with Crippen molar-refractivity contribution in [1.29, 1.82) is 0 Å². The van der Waals surface area contributed by atoms with E-state index in [-0.39, 0.29) is 6.09 Å². The van der Waals surface area contributed by atoms with Crippen LogP contribution in [-0.4, -0.2) is 47.2 Å². The van der Waals surface area contributed by atoms with E-state index in [0.29, 0.717) is 19.1 Å². The van der Waals surface area contributed by atoms with Crippen LogP contribution in [0.1, 0.15) is 33.3 Å². The number of ether oxygens (including phenoxy) is 1. The molecule has 0 saturated carbocycles. The summed E-state index contributed by atoms with van der Waals surface area (Å²) >= 11 is 0. The van der Waals surface area contributed by atoms with Gasteiger partial charge in [-0.25, -0.2) is 4.79 Å². The van der Waals surface area contributed by atoms with Gasteiger partial charge in [-0.3, -0.25) is 4.90 Å². The molecule has 0 bridgehead atoms. The van der Waals surface area contributed by atoms with Crippen LogP contribution < -0.4 is 0 Å². The van der Waals surface area contributed by atoms with Gasteiger partial charge < -0.3 is 9.64 Å². The van der Waals surface area contributed by atoms with Crippen LogP contribution in [0.5, 0.6) is 0 Å². The lowest BCUT2D eigenvalue weighted by molar-refractivity contribution is 0.00461. The highest BCUT2D eigenvalue weighted by Crippen LogP contribution is 2.21. The first kappa shape index (κ1) is 19.4. The number of carbonyl (C=O) groups excluding carboxylic acids is 1. The molecule has 3 rings (SSSR count).